The molecule has 1 N–H and O–H groups in total. The van der Waals surface area contributed by atoms with E-state index >= 15 is 0 Å². The van der Waals surface area contributed by atoms with Crippen LogP contribution in [0.3, 0.4) is 0 Å². The van der Waals surface area contributed by atoms with Crippen LogP contribution in [-0.4, -0.2) is 18.5 Å². The molecule has 0 spiro atoms. The number of hydrogen-bond acceptors (Lipinski definition) is 3. The molecule has 0 bridgehead atoms. The number of ketones is 1. The first-order valence-electron chi connectivity index (χ1n) is 8.72. The van der Waals surface area contributed by atoms with Crippen LogP contribution in [-0.2, 0) is 4.79 Å². The molecule has 0 atom stereocenters. The highest BCUT2D eigenvalue weighted by molar-refractivity contribution is 5.92. The largest absolute Gasteiger partial charge is 0.379 e. The van der Waals surface area contributed by atoms with Crippen molar-refractivity contribution in [1.29, 1.82) is 0 Å². The standard InChI is InChI=1S/C21H30N2O/c1-5-7-10-20(22-15-14-21(24)17(3)4)16-23-19-11-8-9-18(6-2)12-13-19/h5,8,10-13,15,17,23H,1,6-7,9,14,16H2,2-4H3/b20-10-,22-15-. The number of allylic oxidation sites excluding steroid dienone is 7. The third-order valence-electron chi connectivity index (χ3n) is 3.82. The molecule has 0 amide bonds. The second-order valence-corrected chi connectivity index (χ2v) is 6.12. The molecule has 0 aromatic heterocycles. The summed E-state index contributed by atoms with van der Waals surface area (Å²) < 4.78 is 0. The number of carbonyl (C=O) groups is 1. The molecule has 0 saturated carbocycles. The van der Waals surface area contributed by atoms with E-state index in [1.165, 1.54) is 5.57 Å². The maximum atomic E-state index is 11.7. The zero-order valence-electron chi connectivity index (χ0n) is 15.2. The van der Waals surface area contributed by atoms with Crippen molar-refractivity contribution in [2.24, 2.45) is 10.9 Å². The highest BCUT2D eigenvalue weighted by atomic mass is 16.1. The summed E-state index contributed by atoms with van der Waals surface area (Å²) in [7, 11) is 0. The average molecular weight is 326 g/mol. The van der Waals surface area contributed by atoms with Gasteiger partial charge in [-0.3, -0.25) is 9.79 Å². The van der Waals surface area contributed by atoms with Crippen molar-refractivity contribution in [3.63, 3.8) is 0 Å². The molecule has 0 aromatic carbocycles. The van der Waals surface area contributed by atoms with Gasteiger partial charge < -0.3 is 5.32 Å². The summed E-state index contributed by atoms with van der Waals surface area (Å²) >= 11 is 0. The van der Waals surface area contributed by atoms with Crippen LogP contribution in [0.25, 0.3) is 0 Å². The number of nitrogens with one attached hydrogen (secondary N) is 1. The molecule has 1 aliphatic carbocycles. The van der Waals surface area contributed by atoms with Crippen LogP contribution in [0.2, 0.25) is 0 Å². The molecular weight excluding hydrogens is 296 g/mol. The van der Waals surface area contributed by atoms with Crippen molar-refractivity contribution in [3.05, 3.63) is 60.0 Å². The van der Waals surface area contributed by atoms with Crippen molar-refractivity contribution in [3.8, 4) is 0 Å². The minimum Gasteiger partial charge on any atom is -0.379 e. The molecule has 24 heavy (non-hydrogen) atoms. The first-order chi connectivity index (χ1) is 11.6. The lowest BCUT2D eigenvalue weighted by molar-refractivity contribution is -0.120. The third-order valence-corrected chi connectivity index (χ3v) is 3.82. The Kier molecular flexibility index (Phi) is 9.44. The van der Waals surface area contributed by atoms with Gasteiger partial charge in [0.25, 0.3) is 0 Å². The molecule has 0 fully saturated rings. The Balaban J connectivity index is 2.65. The summed E-state index contributed by atoms with van der Waals surface area (Å²) in [6.07, 6.45) is 17.4. The van der Waals surface area contributed by atoms with Crippen LogP contribution in [0.4, 0.5) is 0 Å². The fraction of sp³-hybridized carbons (Fsp3) is 0.429. The second-order valence-electron chi connectivity index (χ2n) is 6.12. The minimum absolute atomic E-state index is 0.0519. The molecule has 0 aromatic rings. The highest BCUT2D eigenvalue weighted by Gasteiger charge is 2.04. The molecule has 0 aliphatic heterocycles. The SMILES string of the molecule is C=CC/C=C(CNC1=CC=C(CC)CC=C1)\N=C/CC(=O)C(C)C. The summed E-state index contributed by atoms with van der Waals surface area (Å²) in [6, 6.07) is 0. The summed E-state index contributed by atoms with van der Waals surface area (Å²) in [5.41, 5.74) is 3.43. The number of Topliss-reactive ketones (excluding diaryl/α,β-unsaturated/α-hetero) is 1. The fourth-order valence-corrected chi connectivity index (χ4v) is 2.12. The summed E-state index contributed by atoms with van der Waals surface area (Å²) in [6.45, 7) is 10.4. The first-order valence-corrected chi connectivity index (χ1v) is 8.72. The van der Waals surface area contributed by atoms with Gasteiger partial charge in [0.05, 0.1) is 12.2 Å². The summed E-state index contributed by atoms with van der Waals surface area (Å²) in [5.74, 6) is 0.262. The van der Waals surface area contributed by atoms with Crippen LogP contribution in [0.1, 0.15) is 46.5 Å². The smallest absolute Gasteiger partial charge is 0.140 e. The Morgan fingerprint density at radius 2 is 2.21 bits per heavy atom. The monoisotopic (exact) mass is 326 g/mol. The van der Waals surface area contributed by atoms with Crippen LogP contribution >= 0.6 is 0 Å². The van der Waals surface area contributed by atoms with Gasteiger partial charge in [0.2, 0.25) is 0 Å². The topological polar surface area (TPSA) is 41.5 Å². The normalized spacial score (nSPS) is 15.2. The van der Waals surface area contributed by atoms with Gasteiger partial charge in [-0.1, -0.05) is 50.6 Å². The summed E-state index contributed by atoms with van der Waals surface area (Å²) in [5, 5.41) is 3.40. The van der Waals surface area contributed by atoms with Crippen LogP contribution in [0, 0.1) is 5.92 Å². The van der Waals surface area contributed by atoms with Gasteiger partial charge in [-0.25, -0.2) is 0 Å². The first kappa shape index (κ1) is 19.9. The molecule has 1 aliphatic rings. The van der Waals surface area contributed by atoms with Gasteiger partial charge in [0.15, 0.2) is 0 Å². The third kappa shape index (κ3) is 7.91. The Morgan fingerprint density at radius 3 is 2.88 bits per heavy atom. The van der Waals surface area contributed by atoms with Crippen molar-refractivity contribution in [2.75, 3.05) is 6.54 Å². The van der Waals surface area contributed by atoms with Gasteiger partial charge in [0, 0.05) is 24.3 Å². The minimum atomic E-state index is 0.0519. The van der Waals surface area contributed by atoms with E-state index in [0.29, 0.717) is 13.0 Å². The molecule has 0 saturated heterocycles. The van der Waals surface area contributed by atoms with Crippen molar-refractivity contribution in [1.82, 2.24) is 5.32 Å². The Bertz CT molecular complexity index is 575. The molecule has 1 rings (SSSR count). The number of hydrogen-bond donors (Lipinski definition) is 1. The van der Waals surface area contributed by atoms with E-state index in [2.05, 4.69) is 48.1 Å². The predicted octanol–water partition coefficient (Wildman–Crippen LogP) is 4.90. The summed E-state index contributed by atoms with van der Waals surface area (Å²) in [4.78, 5) is 16.1. The highest BCUT2D eigenvalue weighted by Crippen LogP contribution is 2.13. The van der Waals surface area contributed by atoms with E-state index in [9.17, 15) is 4.79 Å². The van der Waals surface area contributed by atoms with Crippen molar-refractivity contribution < 1.29 is 4.79 Å². The van der Waals surface area contributed by atoms with E-state index in [4.69, 9.17) is 0 Å². The average Bonchev–Trinajstić information content (AvgIpc) is 2.81. The van der Waals surface area contributed by atoms with E-state index in [0.717, 1.165) is 30.7 Å². The second kappa shape index (κ2) is 11.4. The molecule has 0 radical (unpaired) electrons. The van der Waals surface area contributed by atoms with Gasteiger partial charge >= 0.3 is 0 Å². The van der Waals surface area contributed by atoms with E-state index in [1.54, 1.807) is 6.21 Å². The molecule has 3 nitrogen and oxygen atoms in total. The maximum absolute atomic E-state index is 11.7. The lowest BCUT2D eigenvalue weighted by atomic mass is 10.1. The Labute approximate surface area is 146 Å². The van der Waals surface area contributed by atoms with E-state index in [-0.39, 0.29) is 11.7 Å². The zero-order valence-corrected chi connectivity index (χ0v) is 15.2. The molecule has 0 unspecified atom stereocenters. The predicted molar refractivity (Wildman–Crippen MR) is 104 cm³/mol. The molecule has 130 valence electrons. The molecular formula is C21H30N2O. The molecule has 3 heteroatoms. The van der Waals surface area contributed by atoms with Crippen molar-refractivity contribution >= 4 is 12.0 Å². The van der Waals surface area contributed by atoms with Crippen LogP contribution < -0.4 is 5.32 Å². The van der Waals surface area contributed by atoms with Crippen LogP contribution in [0.5, 0.6) is 0 Å². The lowest BCUT2D eigenvalue weighted by Crippen LogP contribution is -2.15. The number of aliphatic imine (C=N–C) groups is 1. The maximum Gasteiger partial charge on any atom is 0.140 e. The quantitative estimate of drug-likeness (QED) is 0.458. The Morgan fingerprint density at radius 1 is 1.42 bits per heavy atom. The van der Waals surface area contributed by atoms with Gasteiger partial charge in [-0.05, 0) is 31.4 Å². The molecule has 0 heterocycles. The van der Waals surface area contributed by atoms with E-state index < -0.39 is 0 Å². The fourth-order valence-electron chi connectivity index (χ4n) is 2.12. The van der Waals surface area contributed by atoms with Gasteiger partial charge in [-0.2, -0.15) is 0 Å². The van der Waals surface area contributed by atoms with Gasteiger partial charge in [0.1, 0.15) is 5.78 Å². The zero-order chi connectivity index (χ0) is 17.8. The van der Waals surface area contributed by atoms with Crippen molar-refractivity contribution in [2.45, 2.75) is 46.5 Å². The Hall–Kier alpha value is -2.16. The number of rotatable bonds is 10. The van der Waals surface area contributed by atoms with E-state index in [1.807, 2.05) is 26.0 Å². The number of carbonyl (C=O) groups excluding carboxylic acids is 1. The lowest BCUT2D eigenvalue weighted by Gasteiger charge is -2.07. The number of nitrogens with zero attached hydrogens (tertiary/aromatic N) is 1. The van der Waals surface area contributed by atoms with Crippen LogP contribution in [0.15, 0.2) is 65.0 Å². The van der Waals surface area contributed by atoms with Gasteiger partial charge in [-0.15, -0.1) is 6.58 Å².